The first-order valence-electron chi connectivity index (χ1n) is 10.1. The Hall–Kier alpha value is -3.17. The summed E-state index contributed by atoms with van der Waals surface area (Å²) < 4.78 is 38.3. The lowest BCUT2D eigenvalue weighted by Crippen LogP contribution is -2.22. The molecule has 1 amide bonds. The number of carbonyl (C=O) groups excluding carboxylic acids is 1. The molecule has 33 heavy (non-hydrogen) atoms. The fourth-order valence-electron chi connectivity index (χ4n) is 2.94. The molecule has 0 aliphatic rings. The molecule has 0 radical (unpaired) electrons. The Labute approximate surface area is 198 Å². The first-order valence-corrected chi connectivity index (χ1v) is 12.5. The molecule has 3 aromatic rings. The van der Waals surface area contributed by atoms with Gasteiger partial charge in [0.2, 0.25) is 5.91 Å². The van der Waals surface area contributed by atoms with Gasteiger partial charge in [-0.1, -0.05) is 17.7 Å². The monoisotopic (exact) mass is 486 g/mol. The summed E-state index contributed by atoms with van der Waals surface area (Å²) >= 11 is 1.38. The summed E-state index contributed by atoms with van der Waals surface area (Å²) in [6.07, 6.45) is 0. The van der Waals surface area contributed by atoms with Gasteiger partial charge in [0.15, 0.2) is 11.5 Å². The second kappa shape index (κ2) is 10.6. The van der Waals surface area contributed by atoms with E-state index in [1.54, 1.807) is 51.5 Å². The molecule has 0 aliphatic carbocycles. The third kappa shape index (κ3) is 6.43. The highest BCUT2D eigenvalue weighted by atomic mass is 32.2. The first kappa shape index (κ1) is 24.5. The molecule has 0 fully saturated rings. The summed E-state index contributed by atoms with van der Waals surface area (Å²) in [7, 11) is -0.606. The number of benzene rings is 3. The zero-order valence-corrected chi connectivity index (χ0v) is 20.4. The van der Waals surface area contributed by atoms with E-state index in [4.69, 9.17) is 9.47 Å². The van der Waals surface area contributed by atoms with Gasteiger partial charge in [0.1, 0.15) is 0 Å². The number of hydrogen-bond donors (Lipinski definition) is 2. The maximum atomic E-state index is 12.6. The number of nitrogens with one attached hydrogen (secondary N) is 2. The molecule has 1 unspecified atom stereocenters. The van der Waals surface area contributed by atoms with Crippen LogP contribution in [0.3, 0.4) is 0 Å². The van der Waals surface area contributed by atoms with Crippen molar-refractivity contribution in [2.24, 2.45) is 0 Å². The Balaban J connectivity index is 1.63. The van der Waals surface area contributed by atoms with Crippen LogP contribution < -0.4 is 19.5 Å². The minimum absolute atomic E-state index is 0.105. The Kier molecular flexibility index (Phi) is 7.88. The Morgan fingerprint density at radius 1 is 0.879 bits per heavy atom. The van der Waals surface area contributed by atoms with Crippen LogP contribution in [0.25, 0.3) is 0 Å². The van der Waals surface area contributed by atoms with Crippen molar-refractivity contribution >= 4 is 39.1 Å². The lowest BCUT2D eigenvalue weighted by atomic mass is 10.2. The van der Waals surface area contributed by atoms with Gasteiger partial charge in [0, 0.05) is 16.3 Å². The van der Waals surface area contributed by atoms with Gasteiger partial charge in [-0.15, -0.1) is 11.8 Å². The van der Waals surface area contributed by atoms with Crippen molar-refractivity contribution < 1.29 is 22.7 Å². The summed E-state index contributed by atoms with van der Waals surface area (Å²) in [5.41, 5.74) is 2.03. The molecule has 0 saturated carbocycles. The van der Waals surface area contributed by atoms with E-state index in [9.17, 15) is 13.2 Å². The second-order valence-electron chi connectivity index (χ2n) is 7.26. The van der Waals surface area contributed by atoms with Crippen LogP contribution in [-0.4, -0.2) is 33.8 Å². The summed E-state index contributed by atoms with van der Waals surface area (Å²) in [6.45, 7) is 3.72. The van der Waals surface area contributed by atoms with Crippen molar-refractivity contribution in [3.8, 4) is 11.5 Å². The summed E-state index contributed by atoms with van der Waals surface area (Å²) in [5, 5.41) is 2.42. The van der Waals surface area contributed by atoms with E-state index in [0.717, 1.165) is 10.5 Å². The van der Waals surface area contributed by atoms with Gasteiger partial charge >= 0.3 is 0 Å². The SMILES string of the molecule is COc1ccc(SC(C)C(=O)Nc2ccc(S(=O)(=O)Nc3ccc(C)cc3)cc2)cc1OC. The third-order valence-corrected chi connectivity index (χ3v) is 7.26. The average Bonchev–Trinajstić information content (AvgIpc) is 2.80. The minimum Gasteiger partial charge on any atom is -0.493 e. The quantitative estimate of drug-likeness (QED) is 0.417. The van der Waals surface area contributed by atoms with Crippen LogP contribution >= 0.6 is 11.8 Å². The van der Waals surface area contributed by atoms with Crippen molar-refractivity contribution in [2.45, 2.75) is 28.9 Å². The van der Waals surface area contributed by atoms with Crippen LogP contribution in [0.1, 0.15) is 12.5 Å². The standard InChI is InChI=1S/C24H26N2O5S2/c1-16-5-7-19(8-6-16)26-33(28,29)21-12-9-18(10-13-21)25-24(27)17(2)32-20-11-14-22(30-3)23(15-20)31-4/h5-15,17,26H,1-4H3,(H,25,27). The molecule has 3 aromatic carbocycles. The molecule has 2 N–H and O–H groups in total. The van der Waals surface area contributed by atoms with E-state index in [2.05, 4.69) is 10.0 Å². The predicted octanol–water partition coefficient (Wildman–Crippen LogP) is 4.93. The molecule has 0 bridgehead atoms. The third-order valence-electron chi connectivity index (χ3n) is 4.77. The number of aryl methyl sites for hydroxylation is 1. The molecular weight excluding hydrogens is 460 g/mol. The normalized spacial score (nSPS) is 12.0. The van der Waals surface area contributed by atoms with Gasteiger partial charge in [0.25, 0.3) is 10.0 Å². The smallest absolute Gasteiger partial charge is 0.261 e. The number of hydrogen-bond acceptors (Lipinski definition) is 6. The zero-order valence-electron chi connectivity index (χ0n) is 18.8. The number of carbonyl (C=O) groups is 1. The molecule has 1 atom stereocenters. The van der Waals surface area contributed by atoms with Crippen LogP contribution in [0.15, 0.2) is 76.5 Å². The number of thioether (sulfide) groups is 1. The van der Waals surface area contributed by atoms with Crippen LogP contribution in [-0.2, 0) is 14.8 Å². The van der Waals surface area contributed by atoms with Crippen LogP contribution in [0.2, 0.25) is 0 Å². The van der Waals surface area contributed by atoms with Crippen molar-refractivity contribution in [1.29, 1.82) is 0 Å². The highest BCUT2D eigenvalue weighted by Crippen LogP contribution is 2.33. The maximum Gasteiger partial charge on any atom is 0.261 e. The zero-order chi connectivity index (χ0) is 24.0. The fraction of sp³-hybridized carbons (Fsp3) is 0.208. The molecule has 174 valence electrons. The Morgan fingerprint density at radius 3 is 2.09 bits per heavy atom. The number of methoxy groups -OCH3 is 2. The number of rotatable bonds is 9. The largest absolute Gasteiger partial charge is 0.493 e. The molecule has 0 aliphatic heterocycles. The fourth-order valence-corrected chi connectivity index (χ4v) is 4.90. The van der Waals surface area contributed by atoms with E-state index < -0.39 is 15.3 Å². The summed E-state index contributed by atoms with van der Waals surface area (Å²) in [4.78, 5) is 13.6. The molecule has 0 aromatic heterocycles. The molecule has 0 heterocycles. The second-order valence-corrected chi connectivity index (χ2v) is 10.4. The number of anilines is 2. The van der Waals surface area contributed by atoms with Gasteiger partial charge in [-0.3, -0.25) is 9.52 Å². The molecule has 3 rings (SSSR count). The van der Waals surface area contributed by atoms with Gasteiger partial charge in [-0.2, -0.15) is 0 Å². The Bertz CT molecular complexity index is 1210. The van der Waals surface area contributed by atoms with Crippen LogP contribution in [0, 0.1) is 6.92 Å². The maximum absolute atomic E-state index is 12.6. The van der Waals surface area contributed by atoms with Crippen LogP contribution in [0.5, 0.6) is 11.5 Å². The van der Waals surface area contributed by atoms with E-state index in [1.165, 1.54) is 23.9 Å². The number of amides is 1. The minimum atomic E-state index is -3.73. The van der Waals surface area contributed by atoms with E-state index in [0.29, 0.717) is 22.9 Å². The lowest BCUT2D eigenvalue weighted by molar-refractivity contribution is -0.115. The van der Waals surface area contributed by atoms with E-state index in [1.807, 2.05) is 31.2 Å². The highest BCUT2D eigenvalue weighted by Gasteiger charge is 2.18. The molecule has 0 saturated heterocycles. The van der Waals surface area contributed by atoms with E-state index >= 15 is 0 Å². The topological polar surface area (TPSA) is 93.7 Å². The molecule has 9 heteroatoms. The molecule has 0 spiro atoms. The number of ether oxygens (including phenoxy) is 2. The van der Waals surface area contributed by atoms with Gasteiger partial charge in [0.05, 0.1) is 24.4 Å². The van der Waals surface area contributed by atoms with Gasteiger partial charge in [-0.05, 0) is 68.4 Å². The number of sulfonamides is 1. The first-order chi connectivity index (χ1) is 15.7. The van der Waals surface area contributed by atoms with Crippen molar-refractivity contribution in [3.63, 3.8) is 0 Å². The van der Waals surface area contributed by atoms with Crippen LogP contribution in [0.4, 0.5) is 11.4 Å². The van der Waals surface area contributed by atoms with E-state index in [-0.39, 0.29) is 10.8 Å². The predicted molar refractivity (Wildman–Crippen MR) is 132 cm³/mol. The average molecular weight is 487 g/mol. The highest BCUT2D eigenvalue weighted by molar-refractivity contribution is 8.00. The van der Waals surface area contributed by atoms with Gasteiger partial charge in [-0.25, -0.2) is 8.42 Å². The lowest BCUT2D eigenvalue weighted by Gasteiger charge is -2.14. The molecular formula is C24H26N2O5S2. The van der Waals surface area contributed by atoms with Crippen molar-refractivity contribution in [2.75, 3.05) is 24.3 Å². The van der Waals surface area contributed by atoms with Gasteiger partial charge < -0.3 is 14.8 Å². The summed E-state index contributed by atoms with van der Waals surface area (Å²) in [6, 6.07) is 18.6. The Morgan fingerprint density at radius 2 is 1.48 bits per heavy atom. The molecule has 7 nitrogen and oxygen atoms in total. The summed E-state index contributed by atoms with van der Waals surface area (Å²) in [5.74, 6) is 1.00. The van der Waals surface area contributed by atoms with Crippen molar-refractivity contribution in [1.82, 2.24) is 0 Å². The van der Waals surface area contributed by atoms with Crippen molar-refractivity contribution in [3.05, 3.63) is 72.3 Å².